The molecule has 0 saturated carbocycles. The van der Waals surface area contributed by atoms with E-state index in [1.807, 2.05) is 6.92 Å². The van der Waals surface area contributed by atoms with Crippen molar-refractivity contribution in [2.24, 2.45) is 0 Å². The average molecular weight is 351 g/mol. The Morgan fingerprint density at radius 2 is 1.70 bits per heavy atom. The molecule has 2 aromatic carbocycles. The van der Waals surface area contributed by atoms with Crippen molar-refractivity contribution >= 4 is 25.8 Å². The van der Waals surface area contributed by atoms with Crippen LogP contribution in [0.3, 0.4) is 0 Å². The van der Waals surface area contributed by atoms with E-state index in [-0.39, 0.29) is 4.90 Å². The highest BCUT2D eigenvalue weighted by Crippen LogP contribution is 2.34. The summed E-state index contributed by atoms with van der Waals surface area (Å²) >= 11 is 3.33. The minimum Gasteiger partial charge on any atom is -0.215 e. The van der Waals surface area contributed by atoms with Gasteiger partial charge in [0.2, 0.25) is 0 Å². The lowest BCUT2D eigenvalue weighted by molar-refractivity contribution is 0.590. The second-order valence-electron chi connectivity index (χ2n) is 4.38. The van der Waals surface area contributed by atoms with Crippen molar-refractivity contribution in [3.8, 4) is 6.57 Å². The molecule has 0 saturated heterocycles. The standard InChI is InChI=1S/C15H13BrNO2S/c1-11-7-9-12(10-8-11)20(18,19)15(17-2)13-5-3-4-6-14(13)16/h2-10,15H,1H3/q+1. The van der Waals surface area contributed by atoms with Gasteiger partial charge in [0.25, 0.3) is 16.4 Å². The van der Waals surface area contributed by atoms with Crippen LogP contribution < -0.4 is 0 Å². The van der Waals surface area contributed by atoms with Gasteiger partial charge < -0.3 is 0 Å². The first-order chi connectivity index (χ1) is 9.46. The second kappa shape index (κ2) is 5.78. The Balaban J connectivity index is 2.55. The fraction of sp³-hybridized carbons (Fsp3) is 0.133. The highest BCUT2D eigenvalue weighted by atomic mass is 79.9. The number of halogens is 1. The number of rotatable bonds is 3. The van der Waals surface area contributed by atoms with Gasteiger partial charge in [-0.1, -0.05) is 50.6 Å². The van der Waals surface area contributed by atoms with Gasteiger partial charge in [0.15, 0.2) is 0 Å². The molecule has 3 nitrogen and oxygen atoms in total. The molecule has 1 unspecified atom stereocenters. The molecule has 0 N–H and O–H groups in total. The van der Waals surface area contributed by atoms with E-state index in [1.165, 1.54) is 0 Å². The molecule has 0 aliphatic carbocycles. The van der Waals surface area contributed by atoms with Crippen molar-refractivity contribution in [3.63, 3.8) is 0 Å². The van der Waals surface area contributed by atoms with Gasteiger partial charge in [-0.15, -0.1) is 0 Å². The van der Waals surface area contributed by atoms with Crippen LogP contribution in [0.2, 0.25) is 0 Å². The predicted octanol–water partition coefficient (Wildman–Crippen LogP) is 4.19. The fourth-order valence-corrected chi connectivity index (χ4v) is 3.99. The van der Waals surface area contributed by atoms with Crippen molar-refractivity contribution < 1.29 is 8.42 Å². The maximum atomic E-state index is 12.6. The molecule has 2 aromatic rings. The van der Waals surface area contributed by atoms with Crippen LogP contribution in [0.5, 0.6) is 0 Å². The van der Waals surface area contributed by atoms with E-state index in [9.17, 15) is 8.42 Å². The van der Waals surface area contributed by atoms with E-state index in [2.05, 4.69) is 20.8 Å². The molecule has 0 bridgehead atoms. The molecule has 0 amide bonds. The van der Waals surface area contributed by atoms with Crippen molar-refractivity contribution in [1.82, 2.24) is 0 Å². The third-order valence-corrected chi connectivity index (χ3v) is 5.57. The molecule has 0 spiro atoms. The number of hydrogen-bond acceptors (Lipinski definition) is 2. The van der Waals surface area contributed by atoms with Gasteiger partial charge in [-0.3, -0.25) is 0 Å². The summed E-state index contributed by atoms with van der Waals surface area (Å²) in [6, 6.07) is 13.7. The Bertz CT molecular complexity index is 761. The van der Waals surface area contributed by atoms with E-state index in [1.54, 1.807) is 48.5 Å². The fourth-order valence-electron chi connectivity index (χ4n) is 1.86. The molecule has 20 heavy (non-hydrogen) atoms. The molecule has 102 valence electrons. The molecular formula is C15H13BrNO2S+. The van der Waals surface area contributed by atoms with Crippen LogP contribution in [-0.4, -0.2) is 8.42 Å². The number of aryl methyl sites for hydroxylation is 1. The smallest absolute Gasteiger partial charge is 0.215 e. The Hall–Kier alpha value is -1.64. The number of sulfone groups is 1. The predicted molar refractivity (Wildman–Crippen MR) is 83.6 cm³/mol. The molecule has 0 radical (unpaired) electrons. The summed E-state index contributed by atoms with van der Waals surface area (Å²) in [5.41, 5.74) is 1.52. The Morgan fingerprint density at radius 1 is 1.10 bits per heavy atom. The maximum absolute atomic E-state index is 12.6. The number of benzene rings is 2. The highest BCUT2D eigenvalue weighted by molar-refractivity contribution is 9.10. The van der Waals surface area contributed by atoms with Crippen molar-refractivity contribution in [2.75, 3.05) is 0 Å². The summed E-state index contributed by atoms with van der Waals surface area (Å²) in [5, 5.41) is -1.12. The van der Waals surface area contributed by atoms with Crippen LogP contribution in [0, 0.1) is 13.5 Å². The largest absolute Gasteiger partial charge is 0.399 e. The van der Waals surface area contributed by atoms with Crippen LogP contribution in [-0.2, 0) is 9.84 Å². The molecule has 0 aliphatic heterocycles. The lowest BCUT2D eigenvalue weighted by atomic mass is 10.2. The molecule has 0 fully saturated rings. The van der Waals surface area contributed by atoms with Crippen LogP contribution in [0.15, 0.2) is 57.9 Å². The summed E-state index contributed by atoms with van der Waals surface area (Å²) in [4.78, 5) is 3.78. The summed E-state index contributed by atoms with van der Waals surface area (Å²) in [5.74, 6) is 0. The number of hydrogen-bond donors (Lipinski definition) is 0. The summed E-state index contributed by atoms with van der Waals surface area (Å²) in [6.45, 7) is 7.25. The number of nitrogens with zero attached hydrogens (tertiary/aromatic N) is 1. The van der Waals surface area contributed by atoms with Gasteiger partial charge in [0.05, 0.1) is 10.5 Å². The Morgan fingerprint density at radius 3 is 2.25 bits per heavy atom. The minimum atomic E-state index is -3.67. The first-order valence-electron chi connectivity index (χ1n) is 5.92. The summed E-state index contributed by atoms with van der Waals surface area (Å²) < 4.78 is 25.9. The van der Waals surface area contributed by atoms with E-state index >= 15 is 0 Å². The highest BCUT2D eigenvalue weighted by Gasteiger charge is 2.38. The lowest BCUT2D eigenvalue weighted by Crippen LogP contribution is -2.11. The van der Waals surface area contributed by atoms with Gasteiger partial charge in [-0.05, 0) is 31.2 Å². The third kappa shape index (κ3) is 2.77. The van der Waals surface area contributed by atoms with Gasteiger partial charge >= 0.3 is 5.37 Å². The topological polar surface area (TPSA) is 38.5 Å². The molecule has 1 atom stereocenters. The molecule has 2 rings (SSSR count). The second-order valence-corrected chi connectivity index (χ2v) is 7.24. The molecular weight excluding hydrogens is 338 g/mol. The van der Waals surface area contributed by atoms with Crippen LogP contribution >= 0.6 is 15.9 Å². The summed E-state index contributed by atoms with van der Waals surface area (Å²) in [6.07, 6.45) is 0. The van der Waals surface area contributed by atoms with Gasteiger partial charge in [0, 0.05) is 4.47 Å². The first-order valence-corrected chi connectivity index (χ1v) is 8.26. The van der Waals surface area contributed by atoms with E-state index in [0.29, 0.717) is 10.0 Å². The van der Waals surface area contributed by atoms with E-state index in [0.717, 1.165) is 5.56 Å². The van der Waals surface area contributed by atoms with Gasteiger partial charge in [-0.2, -0.15) is 0 Å². The quantitative estimate of drug-likeness (QED) is 0.832. The third-order valence-electron chi connectivity index (χ3n) is 2.95. The Kier molecular flexibility index (Phi) is 4.26. The maximum Gasteiger partial charge on any atom is 0.399 e. The van der Waals surface area contributed by atoms with E-state index in [4.69, 9.17) is 6.57 Å². The van der Waals surface area contributed by atoms with Crippen LogP contribution in [0.1, 0.15) is 16.5 Å². The Labute approximate surface area is 127 Å². The lowest BCUT2D eigenvalue weighted by Gasteiger charge is -2.07. The van der Waals surface area contributed by atoms with Crippen LogP contribution in [0.25, 0.3) is 4.85 Å². The normalized spacial score (nSPS) is 12.7. The SMILES string of the molecule is C#[N+]C(c1ccccc1Br)S(=O)(=O)c1ccc(C)cc1. The van der Waals surface area contributed by atoms with Gasteiger partial charge in [-0.25, -0.2) is 8.42 Å². The van der Waals surface area contributed by atoms with Crippen molar-refractivity contribution in [3.05, 3.63) is 69.0 Å². The molecule has 0 heterocycles. The zero-order chi connectivity index (χ0) is 14.8. The molecule has 0 aliphatic rings. The zero-order valence-corrected chi connectivity index (χ0v) is 13.2. The summed E-state index contributed by atoms with van der Waals surface area (Å²) in [7, 11) is -3.67. The van der Waals surface area contributed by atoms with E-state index < -0.39 is 15.2 Å². The van der Waals surface area contributed by atoms with Crippen LogP contribution in [0.4, 0.5) is 0 Å². The zero-order valence-electron chi connectivity index (χ0n) is 10.8. The average Bonchev–Trinajstić information content (AvgIpc) is 2.42. The van der Waals surface area contributed by atoms with Gasteiger partial charge in [0.1, 0.15) is 0 Å². The van der Waals surface area contributed by atoms with Crippen molar-refractivity contribution in [2.45, 2.75) is 17.2 Å². The van der Waals surface area contributed by atoms with Crippen molar-refractivity contribution in [1.29, 1.82) is 0 Å². The monoisotopic (exact) mass is 350 g/mol. The molecule has 5 heteroatoms. The first kappa shape index (κ1) is 14.8. The molecule has 0 aromatic heterocycles. The minimum absolute atomic E-state index is 0.207.